The van der Waals surface area contributed by atoms with Crippen molar-refractivity contribution in [2.75, 3.05) is 0 Å². The quantitative estimate of drug-likeness (QED) is 0.341. The van der Waals surface area contributed by atoms with Crippen LogP contribution in [0.4, 0.5) is 0 Å². The Balaban J connectivity index is 2.63. The van der Waals surface area contributed by atoms with Gasteiger partial charge < -0.3 is 0 Å². The standard InChI is InChI=1S/Cl2H8Si4/c1-6(2)5-4-3/h6H,4-5H2,3H3. The second kappa shape index (κ2) is 4.60. The van der Waals surface area contributed by atoms with E-state index in [0.29, 0.717) is 8.55 Å². The van der Waals surface area contributed by atoms with Crippen LogP contribution in [0.1, 0.15) is 0 Å². The summed E-state index contributed by atoms with van der Waals surface area (Å²) in [5, 5.41) is 0. The molecule has 38 valence electrons. The van der Waals surface area contributed by atoms with Crippen LogP contribution in [0.25, 0.3) is 0 Å². The van der Waals surface area contributed by atoms with E-state index in [2.05, 4.69) is 0 Å². The second-order valence-corrected chi connectivity index (χ2v) is 31.9. The molecule has 0 atom stereocenters. The van der Waals surface area contributed by atoms with Crippen molar-refractivity contribution in [3.05, 3.63) is 0 Å². The molecule has 0 unspecified atom stereocenters. The summed E-state index contributed by atoms with van der Waals surface area (Å²) in [6.45, 7) is -0.991. The first-order valence-corrected chi connectivity index (χ1v) is 18.5. The van der Waals surface area contributed by atoms with Crippen molar-refractivity contribution < 1.29 is 0 Å². The van der Waals surface area contributed by atoms with E-state index in [4.69, 9.17) is 22.2 Å². The molecule has 0 rings (SSSR count). The Hall–Kier alpha value is 1.45. The van der Waals surface area contributed by atoms with E-state index in [9.17, 15) is 0 Å². The smallest absolute Gasteiger partial charge is 0.155 e. The van der Waals surface area contributed by atoms with Gasteiger partial charge in [0.1, 0.15) is 0 Å². The van der Waals surface area contributed by atoms with Crippen LogP contribution >= 0.6 is 22.2 Å². The largest absolute Gasteiger partial charge is 0.214 e. The van der Waals surface area contributed by atoms with Gasteiger partial charge in [0.25, 0.3) is 0 Å². The van der Waals surface area contributed by atoms with Crippen molar-refractivity contribution in [1.82, 2.24) is 0 Å². The number of hydrogen-bond donors (Lipinski definition) is 0. The topological polar surface area (TPSA) is 0 Å². The molecule has 0 aliphatic carbocycles. The fraction of sp³-hybridized carbons (Fsp3) is 0. The highest BCUT2D eigenvalue weighted by atomic mass is 35.7. The molecule has 0 nitrogen and oxygen atoms in total. The lowest BCUT2D eigenvalue weighted by Gasteiger charge is -1.85. The molecular formula is H8Cl2Si4. The Morgan fingerprint density at radius 1 is 1.50 bits per heavy atom. The fourth-order valence-corrected chi connectivity index (χ4v) is 53.0. The summed E-state index contributed by atoms with van der Waals surface area (Å²) in [4.78, 5) is 0. The molecule has 0 aromatic heterocycles. The lowest BCUT2D eigenvalue weighted by molar-refractivity contribution is 3.87. The summed E-state index contributed by atoms with van der Waals surface area (Å²) in [5.41, 5.74) is 0. The van der Waals surface area contributed by atoms with Gasteiger partial charge >= 0.3 is 0 Å². The summed E-state index contributed by atoms with van der Waals surface area (Å²) >= 11 is 11.2. The molecule has 6 heavy (non-hydrogen) atoms. The van der Waals surface area contributed by atoms with E-state index >= 15 is 0 Å². The molecule has 0 aromatic rings. The molecule has 0 bridgehead atoms. The minimum absolute atomic E-state index is 0.227. The van der Waals surface area contributed by atoms with Gasteiger partial charge in [0.05, 0.1) is 0 Å². The molecule has 0 spiro atoms. The van der Waals surface area contributed by atoms with Gasteiger partial charge in [-0.2, -0.15) is 22.2 Å². The minimum Gasteiger partial charge on any atom is -0.155 e. The van der Waals surface area contributed by atoms with E-state index in [-0.39, 0.29) is 8.55 Å². The van der Waals surface area contributed by atoms with Crippen molar-refractivity contribution in [3.8, 4) is 0 Å². The zero-order chi connectivity index (χ0) is 4.99. The summed E-state index contributed by atoms with van der Waals surface area (Å²) in [7, 11) is 2.12. The van der Waals surface area contributed by atoms with Gasteiger partial charge in [-0.05, 0) is 18.3 Å². The van der Waals surface area contributed by atoms with E-state index in [1.54, 1.807) is 0 Å². The van der Waals surface area contributed by atoms with Crippen molar-refractivity contribution in [1.29, 1.82) is 0 Å². The fourth-order valence-electron chi connectivity index (χ4n) is 0.218. The number of halogens is 2. The monoisotopic (exact) mass is 190 g/mol. The lowest BCUT2D eigenvalue weighted by Crippen LogP contribution is -2.15. The first kappa shape index (κ1) is 7.45. The second-order valence-electron chi connectivity index (χ2n) is 1.18. The van der Waals surface area contributed by atoms with Gasteiger partial charge in [-0.15, -0.1) is 0 Å². The predicted molar refractivity (Wildman–Crippen MR) is 45.9 cm³/mol. The highest BCUT2D eigenvalue weighted by Crippen LogP contribution is 1.88. The average Bonchev–Trinajstić information content (AvgIpc) is 1.35. The van der Waals surface area contributed by atoms with Gasteiger partial charge in [-0.3, -0.25) is 0 Å². The maximum absolute atomic E-state index is 5.60. The molecule has 0 saturated heterocycles. The molecule has 0 radical (unpaired) electrons. The SMILES string of the molecule is [SiH3][SiH2][SiH2][SiH](Cl)Cl. The molecular weight excluding hydrogens is 183 g/mol. The Labute approximate surface area is 56.1 Å². The van der Waals surface area contributed by atoms with Gasteiger partial charge in [0, 0.05) is 8.55 Å². The van der Waals surface area contributed by atoms with Crippen molar-refractivity contribution in [2.24, 2.45) is 0 Å². The van der Waals surface area contributed by atoms with E-state index in [1.165, 1.54) is 9.76 Å². The van der Waals surface area contributed by atoms with E-state index in [1.807, 2.05) is 0 Å². The third-order valence-electron chi connectivity index (χ3n) is 0.507. The molecule has 0 fully saturated rings. The van der Waals surface area contributed by atoms with Gasteiger partial charge in [0.15, 0.2) is 0 Å². The molecule has 0 aliphatic rings. The maximum atomic E-state index is 5.60. The Morgan fingerprint density at radius 3 is 2.00 bits per heavy atom. The van der Waals surface area contributed by atoms with E-state index < -0.39 is 6.93 Å². The number of rotatable bonds is 2. The Bertz CT molecular complexity index is 26.7. The molecule has 0 saturated carbocycles. The molecule has 6 heteroatoms. The highest BCUT2D eigenvalue weighted by molar-refractivity contribution is 7.68. The van der Waals surface area contributed by atoms with E-state index in [0.717, 1.165) is 0 Å². The first-order chi connectivity index (χ1) is 2.77. The third kappa shape index (κ3) is 5.45. The van der Waals surface area contributed by atoms with Crippen LogP contribution in [0.15, 0.2) is 0 Å². The summed E-state index contributed by atoms with van der Waals surface area (Å²) in [6.07, 6.45) is 0. The van der Waals surface area contributed by atoms with Gasteiger partial charge in [0.2, 0.25) is 6.93 Å². The van der Waals surface area contributed by atoms with Crippen LogP contribution in [-0.2, 0) is 0 Å². The van der Waals surface area contributed by atoms with Crippen LogP contribution in [0.5, 0.6) is 0 Å². The molecule has 0 amide bonds. The molecule has 0 aliphatic heterocycles. The third-order valence-corrected chi connectivity index (χ3v) is 41.1. The van der Waals surface area contributed by atoms with Crippen LogP contribution < -0.4 is 0 Å². The molecule has 0 aromatic carbocycles. The van der Waals surface area contributed by atoms with Crippen LogP contribution in [0.3, 0.4) is 0 Å². The molecule has 0 N–H and O–H groups in total. The zero-order valence-corrected chi connectivity index (χ0v) is 11.2. The Kier molecular flexibility index (Phi) is 5.71. The maximum Gasteiger partial charge on any atom is 0.214 e. The average molecular weight is 191 g/mol. The minimum atomic E-state index is -0.991. The summed E-state index contributed by atoms with van der Waals surface area (Å²) < 4.78 is 0. The summed E-state index contributed by atoms with van der Waals surface area (Å²) in [5.74, 6) is 0. The zero-order valence-electron chi connectivity index (χ0n) is 3.75. The van der Waals surface area contributed by atoms with Crippen molar-refractivity contribution >= 4 is 56.0 Å². The van der Waals surface area contributed by atoms with Crippen LogP contribution in [-0.4, -0.2) is 33.8 Å². The Morgan fingerprint density at radius 2 is 2.00 bits per heavy atom. The molecule has 0 heterocycles. The van der Waals surface area contributed by atoms with Crippen LogP contribution in [0.2, 0.25) is 0 Å². The first-order valence-electron chi connectivity index (χ1n) is 2.05. The van der Waals surface area contributed by atoms with Gasteiger partial charge in [-0.25, -0.2) is 0 Å². The van der Waals surface area contributed by atoms with Crippen molar-refractivity contribution in [2.45, 2.75) is 0 Å². The summed E-state index contributed by atoms with van der Waals surface area (Å²) in [6, 6.07) is 0. The predicted octanol–water partition coefficient (Wildman–Crippen LogP) is -2.29. The normalized spacial score (nSPS) is 14.5. The van der Waals surface area contributed by atoms with Crippen molar-refractivity contribution in [3.63, 3.8) is 0 Å². The van der Waals surface area contributed by atoms with Gasteiger partial charge in [-0.1, -0.05) is 0 Å². The number of hydrogen-bond acceptors (Lipinski definition) is 0. The highest BCUT2D eigenvalue weighted by Gasteiger charge is 1.96. The lowest BCUT2D eigenvalue weighted by atomic mass is 26.4. The van der Waals surface area contributed by atoms with Crippen LogP contribution in [0, 0.1) is 0 Å².